The lowest BCUT2D eigenvalue weighted by Crippen LogP contribution is -2.23. The number of halogens is 1. The first-order valence-corrected chi connectivity index (χ1v) is 8.64. The molecule has 0 aliphatic rings. The molecule has 0 fully saturated rings. The number of hydrogen-bond donors (Lipinski definition) is 1. The van der Waals surface area contributed by atoms with E-state index in [1.165, 1.54) is 26.2 Å². The molecule has 1 N–H and O–H groups in total. The van der Waals surface area contributed by atoms with Crippen molar-refractivity contribution in [2.45, 2.75) is 11.8 Å². The van der Waals surface area contributed by atoms with Crippen molar-refractivity contribution >= 4 is 33.2 Å². The van der Waals surface area contributed by atoms with Crippen LogP contribution in [0.5, 0.6) is 0 Å². The molecule has 2 aromatic rings. The van der Waals surface area contributed by atoms with Gasteiger partial charge < -0.3 is 5.32 Å². The van der Waals surface area contributed by atoms with E-state index in [0.29, 0.717) is 11.3 Å². The normalized spacial score (nSPS) is 11.5. The Morgan fingerprint density at radius 3 is 2.39 bits per heavy atom. The highest BCUT2D eigenvalue weighted by atomic mass is 35.5. The predicted molar refractivity (Wildman–Crippen MR) is 91.5 cm³/mol. The lowest BCUT2D eigenvalue weighted by atomic mass is 10.1. The van der Waals surface area contributed by atoms with Gasteiger partial charge in [-0.25, -0.2) is 12.7 Å². The van der Waals surface area contributed by atoms with Crippen LogP contribution in [0.4, 0.5) is 5.69 Å². The fraction of sp³-hybridized carbons (Fsp3) is 0.188. The fourth-order valence-electron chi connectivity index (χ4n) is 2.00. The van der Waals surface area contributed by atoms with E-state index in [0.717, 1.165) is 9.87 Å². The molecule has 23 heavy (non-hydrogen) atoms. The number of carbonyl (C=O) groups is 1. The van der Waals surface area contributed by atoms with Gasteiger partial charge in [-0.2, -0.15) is 0 Å². The minimum absolute atomic E-state index is 0.0493. The van der Waals surface area contributed by atoms with Gasteiger partial charge in [-0.15, -0.1) is 0 Å². The van der Waals surface area contributed by atoms with E-state index in [1.54, 1.807) is 18.2 Å². The molecular formula is C16H17ClN2O3S. The summed E-state index contributed by atoms with van der Waals surface area (Å²) < 4.78 is 25.6. The summed E-state index contributed by atoms with van der Waals surface area (Å²) in [6.45, 7) is 1.83. The maximum absolute atomic E-state index is 12.3. The largest absolute Gasteiger partial charge is 0.322 e. The summed E-state index contributed by atoms with van der Waals surface area (Å²) in [5.74, 6) is -0.307. The van der Waals surface area contributed by atoms with E-state index in [-0.39, 0.29) is 15.8 Å². The third-order valence-electron chi connectivity index (χ3n) is 3.34. The van der Waals surface area contributed by atoms with Gasteiger partial charge in [-0.05, 0) is 36.8 Å². The van der Waals surface area contributed by atoms with Gasteiger partial charge in [-0.3, -0.25) is 4.79 Å². The Hall–Kier alpha value is -1.89. The lowest BCUT2D eigenvalue weighted by Gasteiger charge is -2.14. The molecule has 0 spiro atoms. The maximum Gasteiger partial charge on any atom is 0.255 e. The molecule has 2 aromatic carbocycles. The van der Waals surface area contributed by atoms with E-state index < -0.39 is 10.0 Å². The average Bonchev–Trinajstić information content (AvgIpc) is 2.49. The molecule has 0 aromatic heterocycles. The highest BCUT2D eigenvalue weighted by Gasteiger charge is 2.21. The number of hydrogen-bond acceptors (Lipinski definition) is 3. The van der Waals surface area contributed by atoms with Gasteiger partial charge >= 0.3 is 0 Å². The van der Waals surface area contributed by atoms with Crippen molar-refractivity contribution in [3.8, 4) is 0 Å². The van der Waals surface area contributed by atoms with Crippen LogP contribution in [0.2, 0.25) is 5.02 Å². The molecule has 5 nitrogen and oxygen atoms in total. The first kappa shape index (κ1) is 17.5. The Balaban J connectivity index is 2.36. The van der Waals surface area contributed by atoms with E-state index in [9.17, 15) is 13.2 Å². The van der Waals surface area contributed by atoms with E-state index in [4.69, 9.17) is 11.6 Å². The molecule has 0 bridgehead atoms. The standard InChI is InChI=1S/C16H17ClN2O3S/c1-11-6-4-5-7-13(11)16(20)18-12-8-9-14(17)15(10-12)23(21,22)19(2)3/h4-10H,1-3H3,(H,18,20). The number of carbonyl (C=O) groups excluding carboxylic acids is 1. The van der Waals surface area contributed by atoms with Gasteiger partial charge in [0.25, 0.3) is 5.91 Å². The van der Waals surface area contributed by atoms with Crippen molar-refractivity contribution in [3.63, 3.8) is 0 Å². The summed E-state index contributed by atoms with van der Waals surface area (Å²) in [7, 11) is -0.847. The topological polar surface area (TPSA) is 66.5 Å². The first-order chi connectivity index (χ1) is 10.7. The van der Waals surface area contributed by atoms with Crippen LogP contribution >= 0.6 is 11.6 Å². The van der Waals surface area contributed by atoms with Gasteiger partial charge in [0.1, 0.15) is 4.90 Å². The molecular weight excluding hydrogens is 336 g/mol. The molecule has 0 radical (unpaired) electrons. The van der Waals surface area contributed by atoms with Crippen molar-refractivity contribution in [2.75, 3.05) is 19.4 Å². The number of sulfonamides is 1. The Bertz CT molecular complexity index is 848. The number of aryl methyl sites for hydroxylation is 1. The van der Waals surface area contributed by atoms with Gasteiger partial charge in [0.15, 0.2) is 0 Å². The van der Waals surface area contributed by atoms with Gasteiger partial charge in [0, 0.05) is 25.3 Å². The molecule has 2 rings (SSSR count). The minimum Gasteiger partial charge on any atom is -0.322 e. The number of amides is 1. The quantitative estimate of drug-likeness (QED) is 0.919. The third kappa shape index (κ3) is 3.72. The second kappa shape index (κ2) is 6.70. The van der Waals surface area contributed by atoms with Crippen LogP contribution in [0, 0.1) is 6.92 Å². The zero-order chi connectivity index (χ0) is 17.2. The SMILES string of the molecule is Cc1ccccc1C(=O)Nc1ccc(Cl)c(S(=O)(=O)N(C)C)c1. The zero-order valence-corrected chi connectivity index (χ0v) is 14.6. The van der Waals surface area contributed by atoms with Gasteiger partial charge in [0.2, 0.25) is 10.0 Å². The second-order valence-electron chi connectivity index (χ2n) is 5.20. The summed E-state index contributed by atoms with van der Waals surface area (Å²) in [5, 5.41) is 2.80. The monoisotopic (exact) mass is 352 g/mol. The van der Waals surface area contributed by atoms with Crippen LogP contribution in [0.1, 0.15) is 15.9 Å². The molecule has 0 saturated heterocycles. The van der Waals surface area contributed by atoms with Crippen molar-refractivity contribution in [1.82, 2.24) is 4.31 Å². The van der Waals surface area contributed by atoms with Crippen LogP contribution in [0.15, 0.2) is 47.4 Å². The Morgan fingerprint density at radius 2 is 1.78 bits per heavy atom. The molecule has 122 valence electrons. The summed E-state index contributed by atoms with van der Waals surface area (Å²) in [6.07, 6.45) is 0. The van der Waals surface area contributed by atoms with E-state index >= 15 is 0 Å². The molecule has 0 atom stereocenters. The molecule has 0 heterocycles. The summed E-state index contributed by atoms with van der Waals surface area (Å²) in [6, 6.07) is 11.5. The van der Waals surface area contributed by atoms with Crippen molar-refractivity contribution < 1.29 is 13.2 Å². The molecule has 0 unspecified atom stereocenters. The van der Waals surface area contributed by atoms with E-state index in [2.05, 4.69) is 5.32 Å². The fourth-order valence-corrected chi connectivity index (χ4v) is 3.40. The van der Waals surface area contributed by atoms with Crippen LogP contribution in [-0.4, -0.2) is 32.7 Å². The Morgan fingerprint density at radius 1 is 1.13 bits per heavy atom. The average molecular weight is 353 g/mol. The zero-order valence-electron chi connectivity index (χ0n) is 13.0. The molecule has 0 saturated carbocycles. The van der Waals surface area contributed by atoms with Crippen LogP contribution in [0.25, 0.3) is 0 Å². The third-order valence-corrected chi connectivity index (χ3v) is 5.63. The number of benzene rings is 2. The van der Waals surface area contributed by atoms with Crippen molar-refractivity contribution in [3.05, 3.63) is 58.6 Å². The van der Waals surface area contributed by atoms with Gasteiger partial charge in [0.05, 0.1) is 5.02 Å². The summed E-state index contributed by atoms with van der Waals surface area (Å²) in [4.78, 5) is 12.3. The number of nitrogens with one attached hydrogen (secondary N) is 1. The number of rotatable bonds is 4. The highest BCUT2D eigenvalue weighted by molar-refractivity contribution is 7.89. The number of anilines is 1. The minimum atomic E-state index is -3.69. The summed E-state index contributed by atoms with van der Waals surface area (Å²) >= 11 is 5.99. The highest BCUT2D eigenvalue weighted by Crippen LogP contribution is 2.27. The smallest absolute Gasteiger partial charge is 0.255 e. The lowest BCUT2D eigenvalue weighted by molar-refractivity contribution is 0.102. The van der Waals surface area contributed by atoms with Crippen LogP contribution < -0.4 is 5.32 Å². The Kier molecular flexibility index (Phi) is 5.09. The van der Waals surface area contributed by atoms with Crippen molar-refractivity contribution in [2.24, 2.45) is 0 Å². The molecule has 0 aliphatic heterocycles. The Labute approximate surface area is 140 Å². The van der Waals surface area contributed by atoms with Gasteiger partial charge in [-0.1, -0.05) is 29.8 Å². The maximum atomic E-state index is 12.3. The van der Waals surface area contributed by atoms with Crippen LogP contribution in [0.3, 0.4) is 0 Å². The predicted octanol–water partition coefficient (Wildman–Crippen LogP) is 3.15. The summed E-state index contributed by atoms with van der Waals surface area (Å²) in [5.41, 5.74) is 1.72. The van der Waals surface area contributed by atoms with Crippen LogP contribution in [-0.2, 0) is 10.0 Å². The van der Waals surface area contributed by atoms with Crippen molar-refractivity contribution in [1.29, 1.82) is 0 Å². The first-order valence-electron chi connectivity index (χ1n) is 6.82. The second-order valence-corrected chi connectivity index (χ2v) is 7.73. The molecule has 1 amide bonds. The molecule has 7 heteroatoms. The van der Waals surface area contributed by atoms with E-state index in [1.807, 2.05) is 19.1 Å². The number of nitrogens with zero attached hydrogens (tertiary/aromatic N) is 1. The molecule has 0 aliphatic carbocycles.